The molecule has 3 heteroatoms. The molecule has 2 nitrogen and oxygen atoms in total. The van der Waals surface area contributed by atoms with Crippen molar-refractivity contribution >= 4 is 9.84 Å². The molecule has 0 saturated heterocycles. The molecule has 0 bridgehead atoms. The van der Waals surface area contributed by atoms with E-state index >= 15 is 0 Å². The van der Waals surface area contributed by atoms with E-state index in [9.17, 15) is 8.42 Å². The molecule has 1 aliphatic heterocycles. The lowest BCUT2D eigenvalue weighted by Gasteiger charge is -2.13. The van der Waals surface area contributed by atoms with E-state index in [0.717, 1.165) is 18.4 Å². The van der Waals surface area contributed by atoms with Gasteiger partial charge in [0, 0.05) is 4.91 Å². The van der Waals surface area contributed by atoms with Gasteiger partial charge in [0.1, 0.15) is 0 Å². The van der Waals surface area contributed by atoms with Crippen LogP contribution in [-0.2, 0) is 9.84 Å². The summed E-state index contributed by atoms with van der Waals surface area (Å²) in [6, 6.07) is 0. The first-order valence-electron chi connectivity index (χ1n) is 3.43. The Labute approximate surface area is 61.9 Å². The third-order valence-corrected chi connectivity index (χ3v) is 4.14. The summed E-state index contributed by atoms with van der Waals surface area (Å²) in [6.45, 7) is 3.59. The molecule has 1 heterocycles. The Bertz CT molecular complexity index is 259. The van der Waals surface area contributed by atoms with Crippen molar-refractivity contribution in [3.63, 3.8) is 0 Å². The van der Waals surface area contributed by atoms with Gasteiger partial charge in [-0.3, -0.25) is 0 Å². The summed E-state index contributed by atoms with van der Waals surface area (Å²) in [5.41, 5.74) is 1.03. The minimum atomic E-state index is -2.83. The second-order valence-corrected chi connectivity index (χ2v) is 5.01. The van der Waals surface area contributed by atoms with E-state index in [1.165, 1.54) is 0 Å². The molecular weight excluding hydrogens is 148 g/mol. The summed E-state index contributed by atoms with van der Waals surface area (Å²) in [5, 5.41) is 0. The van der Waals surface area contributed by atoms with Crippen LogP contribution in [0.4, 0.5) is 0 Å². The molecule has 0 aromatic heterocycles. The van der Waals surface area contributed by atoms with Crippen LogP contribution in [-0.4, -0.2) is 14.2 Å². The van der Waals surface area contributed by atoms with Gasteiger partial charge in [-0.25, -0.2) is 8.42 Å². The third-order valence-electron chi connectivity index (χ3n) is 2.03. The van der Waals surface area contributed by atoms with Crippen molar-refractivity contribution in [1.82, 2.24) is 0 Å². The highest BCUT2D eigenvalue weighted by atomic mass is 32.2. The molecule has 1 aliphatic rings. The third kappa shape index (κ3) is 1.24. The Balaban J connectivity index is 3.14. The molecular formula is C7H12O2S. The van der Waals surface area contributed by atoms with Gasteiger partial charge in [0.2, 0.25) is 0 Å². The predicted molar refractivity (Wildman–Crippen MR) is 41.4 cm³/mol. The highest BCUT2D eigenvalue weighted by Crippen LogP contribution is 2.23. The molecule has 0 spiro atoms. The lowest BCUT2D eigenvalue weighted by molar-refractivity contribution is 0.595. The van der Waals surface area contributed by atoms with E-state index in [4.69, 9.17) is 0 Å². The quantitative estimate of drug-likeness (QED) is 0.538. The average Bonchev–Trinajstić information content (AvgIpc) is 1.83. The Hall–Kier alpha value is -0.310. The maximum atomic E-state index is 11.1. The van der Waals surface area contributed by atoms with E-state index in [2.05, 4.69) is 0 Å². The molecule has 0 amide bonds. The van der Waals surface area contributed by atoms with Gasteiger partial charge in [0.15, 0.2) is 9.84 Å². The molecule has 0 unspecified atom stereocenters. The monoisotopic (exact) mass is 160 g/mol. The lowest BCUT2D eigenvalue weighted by atomic mass is 10.2. The Morgan fingerprint density at radius 1 is 1.30 bits per heavy atom. The number of rotatable bonds is 0. The summed E-state index contributed by atoms with van der Waals surface area (Å²) in [6.07, 6.45) is 1.75. The highest BCUT2D eigenvalue weighted by Gasteiger charge is 2.19. The second kappa shape index (κ2) is 2.38. The molecule has 0 saturated carbocycles. The summed E-state index contributed by atoms with van der Waals surface area (Å²) >= 11 is 0. The van der Waals surface area contributed by atoms with Crippen LogP contribution >= 0.6 is 0 Å². The van der Waals surface area contributed by atoms with Crippen LogP contribution < -0.4 is 0 Å². The largest absolute Gasteiger partial charge is 0.224 e. The van der Waals surface area contributed by atoms with Gasteiger partial charge in [-0.15, -0.1) is 0 Å². The first kappa shape index (κ1) is 7.79. The fourth-order valence-electron chi connectivity index (χ4n) is 1.12. The molecule has 0 aliphatic carbocycles. The molecule has 0 atom stereocenters. The molecule has 0 fully saturated rings. The second-order valence-electron chi connectivity index (χ2n) is 2.76. The first-order chi connectivity index (χ1) is 4.54. The average molecular weight is 160 g/mol. The normalized spacial score (nSPS) is 25.0. The number of sulfone groups is 1. The topological polar surface area (TPSA) is 34.1 Å². The molecule has 0 aromatic rings. The highest BCUT2D eigenvalue weighted by molar-refractivity contribution is 7.95. The number of allylic oxidation sites excluding steroid dienone is 2. The van der Waals surface area contributed by atoms with Crippen molar-refractivity contribution in [3.8, 4) is 0 Å². The van der Waals surface area contributed by atoms with E-state index in [1.54, 1.807) is 6.92 Å². The van der Waals surface area contributed by atoms with Crippen molar-refractivity contribution in [2.24, 2.45) is 0 Å². The van der Waals surface area contributed by atoms with E-state index in [1.807, 2.05) is 6.92 Å². The Kier molecular flexibility index (Phi) is 1.86. The van der Waals surface area contributed by atoms with Crippen LogP contribution in [0.5, 0.6) is 0 Å². The van der Waals surface area contributed by atoms with Gasteiger partial charge in [0.05, 0.1) is 5.75 Å². The standard InChI is InChI=1S/C7H12O2S/c1-6-4-3-5-10(8,9)7(6)2/h3-5H2,1-2H3. The first-order valence-corrected chi connectivity index (χ1v) is 5.08. The van der Waals surface area contributed by atoms with Crippen LogP contribution in [0.2, 0.25) is 0 Å². The number of hydrogen-bond donors (Lipinski definition) is 0. The van der Waals surface area contributed by atoms with Crippen LogP contribution in [0, 0.1) is 0 Å². The van der Waals surface area contributed by atoms with Crippen molar-refractivity contribution < 1.29 is 8.42 Å². The summed E-state index contributed by atoms with van der Waals surface area (Å²) in [7, 11) is -2.83. The van der Waals surface area contributed by atoms with Crippen LogP contribution in [0.15, 0.2) is 10.5 Å². The molecule has 0 radical (unpaired) electrons. The van der Waals surface area contributed by atoms with Gasteiger partial charge in [-0.1, -0.05) is 5.57 Å². The van der Waals surface area contributed by atoms with Gasteiger partial charge in [-0.05, 0) is 26.7 Å². The maximum absolute atomic E-state index is 11.1. The van der Waals surface area contributed by atoms with Gasteiger partial charge in [0.25, 0.3) is 0 Å². The number of hydrogen-bond acceptors (Lipinski definition) is 2. The fraction of sp³-hybridized carbons (Fsp3) is 0.714. The lowest BCUT2D eigenvalue weighted by Crippen LogP contribution is -2.13. The zero-order chi connectivity index (χ0) is 7.78. The molecule has 58 valence electrons. The summed E-state index contributed by atoms with van der Waals surface area (Å²) in [5.74, 6) is 0.343. The SMILES string of the molecule is CC1=C(C)S(=O)(=O)CCC1. The van der Waals surface area contributed by atoms with Gasteiger partial charge >= 0.3 is 0 Å². The molecule has 1 rings (SSSR count). The van der Waals surface area contributed by atoms with Crippen molar-refractivity contribution in [1.29, 1.82) is 0 Å². The van der Waals surface area contributed by atoms with E-state index in [-0.39, 0.29) is 0 Å². The van der Waals surface area contributed by atoms with Crippen molar-refractivity contribution in [2.45, 2.75) is 26.7 Å². The smallest absolute Gasteiger partial charge is 0.174 e. The van der Waals surface area contributed by atoms with Gasteiger partial charge in [-0.2, -0.15) is 0 Å². The van der Waals surface area contributed by atoms with E-state index < -0.39 is 9.84 Å². The van der Waals surface area contributed by atoms with Crippen LogP contribution in [0.25, 0.3) is 0 Å². The zero-order valence-corrected chi connectivity index (χ0v) is 7.16. The summed E-state index contributed by atoms with van der Waals surface area (Å²) in [4.78, 5) is 0.596. The minimum absolute atomic E-state index is 0.343. The van der Waals surface area contributed by atoms with Crippen molar-refractivity contribution in [3.05, 3.63) is 10.5 Å². The molecule has 0 aromatic carbocycles. The fourth-order valence-corrected chi connectivity index (χ4v) is 2.59. The van der Waals surface area contributed by atoms with Crippen molar-refractivity contribution in [2.75, 3.05) is 5.75 Å². The predicted octanol–water partition coefficient (Wildman–Crippen LogP) is 1.49. The van der Waals surface area contributed by atoms with Crippen LogP contribution in [0.1, 0.15) is 26.7 Å². The zero-order valence-electron chi connectivity index (χ0n) is 6.35. The maximum Gasteiger partial charge on any atom is 0.174 e. The molecule has 0 N–H and O–H groups in total. The Morgan fingerprint density at radius 3 is 2.30 bits per heavy atom. The summed E-state index contributed by atoms with van der Waals surface area (Å²) < 4.78 is 22.3. The Morgan fingerprint density at radius 2 is 1.90 bits per heavy atom. The minimum Gasteiger partial charge on any atom is -0.224 e. The van der Waals surface area contributed by atoms with Gasteiger partial charge < -0.3 is 0 Å². The molecule has 10 heavy (non-hydrogen) atoms. The van der Waals surface area contributed by atoms with E-state index in [0.29, 0.717) is 10.7 Å². The van der Waals surface area contributed by atoms with Crippen LogP contribution in [0.3, 0.4) is 0 Å².